The Morgan fingerprint density at radius 1 is 1.08 bits per heavy atom. The van der Waals surface area contributed by atoms with Crippen molar-refractivity contribution in [3.63, 3.8) is 0 Å². The number of H-pyrrole nitrogens is 2. The lowest BCUT2D eigenvalue weighted by Crippen LogP contribution is -2.42. The third-order valence-corrected chi connectivity index (χ3v) is 4.79. The minimum absolute atomic E-state index is 0.0573. The van der Waals surface area contributed by atoms with Crippen LogP contribution >= 0.6 is 0 Å². The van der Waals surface area contributed by atoms with E-state index in [9.17, 15) is 14.4 Å². The lowest BCUT2D eigenvalue weighted by Gasteiger charge is -2.09. The molecule has 4 N–H and O–H groups in total. The molecular formula is C19H18N4O3. The zero-order chi connectivity index (χ0) is 18.3. The van der Waals surface area contributed by atoms with Gasteiger partial charge in [-0.15, -0.1) is 0 Å². The highest BCUT2D eigenvalue weighted by Crippen LogP contribution is 2.26. The second-order valence-corrected chi connectivity index (χ2v) is 6.41. The number of rotatable bonds is 2. The number of carbonyl (C=O) groups excluding carboxylic acids is 3. The second kappa shape index (κ2) is 6.18. The maximum Gasteiger partial charge on any atom is 0.286 e. The van der Waals surface area contributed by atoms with Crippen LogP contribution in [0.4, 0.5) is 0 Å². The van der Waals surface area contributed by atoms with Gasteiger partial charge in [0.1, 0.15) is 5.69 Å². The topological polar surface area (TPSA) is 107 Å². The summed E-state index contributed by atoms with van der Waals surface area (Å²) in [6.07, 6.45) is 3.63. The lowest BCUT2D eigenvalue weighted by atomic mass is 9.94. The van der Waals surface area contributed by atoms with Crippen LogP contribution in [0.25, 0.3) is 10.9 Å². The summed E-state index contributed by atoms with van der Waals surface area (Å²) in [4.78, 5) is 42.9. The summed E-state index contributed by atoms with van der Waals surface area (Å²) in [6, 6.07) is 7.42. The summed E-state index contributed by atoms with van der Waals surface area (Å²) in [7, 11) is 0. The fourth-order valence-electron chi connectivity index (χ4n) is 3.50. The Kier molecular flexibility index (Phi) is 3.84. The first-order chi connectivity index (χ1) is 12.6. The number of aromatic amines is 2. The van der Waals surface area contributed by atoms with Gasteiger partial charge >= 0.3 is 0 Å². The molecule has 0 radical (unpaired) electrons. The molecule has 3 aromatic rings. The Labute approximate surface area is 149 Å². The van der Waals surface area contributed by atoms with Crippen molar-refractivity contribution in [3.05, 3.63) is 58.5 Å². The number of hydrazine groups is 1. The standard InChI is InChI=1S/C19H18N4O3/c1-10-16-14(7-4-8-15(16)24)21-17(10)19(26)23-22-18(25)12-9-20-13-6-3-2-5-11(12)13/h2-3,5-6,9,20-21H,4,7-8H2,1H3,(H,22,25)(H,23,26). The number of aromatic nitrogens is 2. The molecule has 132 valence electrons. The van der Waals surface area contributed by atoms with Gasteiger partial charge in [-0.2, -0.15) is 0 Å². The van der Waals surface area contributed by atoms with Gasteiger partial charge in [0.25, 0.3) is 11.8 Å². The molecule has 2 heterocycles. The fourth-order valence-corrected chi connectivity index (χ4v) is 3.50. The third-order valence-electron chi connectivity index (χ3n) is 4.79. The van der Waals surface area contributed by atoms with Gasteiger partial charge in [0.15, 0.2) is 5.78 Å². The van der Waals surface area contributed by atoms with Gasteiger partial charge < -0.3 is 9.97 Å². The average Bonchev–Trinajstić information content (AvgIpc) is 3.22. The first kappa shape index (κ1) is 16.1. The van der Waals surface area contributed by atoms with Gasteiger partial charge in [0.2, 0.25) is 0 Å². The van der Waals surface area contributed by atoms with Crippen molar-refractivity contribution >= 4 is 28.5 Å². The van der Waals surface area contributed by atoms with E-state index in [4.69, 9.17) is 0 Å². The van der Waals surface area contributed by atoms with Crippen molar-refractivity contribution in [2.24, 2.45) is 0 Å². The Morgan fingerprint density at radius 3 is 2.65 bits per heavy atom. The van der Waals surface area contributed by atoms with E-state index in [0.717, 1.165) is 29.4 Å². The zero-order valence-electron chi connectivity index (χ0n) is 14.2. The van der Waals surface area contributed by atoms with E-state index >= 15 is 0 Å². The van der Waals surface area contributed by atoms with Crippen LogP contribution in [-0.4, -0.2) is 27.6 Å². The number of nitrogens with one attached hydrogen (secondary N) is 4. The number of para-hydroxylation sites is 1. The SMILES string of the molecule is Cc1c(C(=O)NNC(=O)c2c[nH]c3ccccc23)[nH]c2c1C(=O)CCC2. The predicted octanol–water partition coefficient (Wildman–Crippen LogP) is 2.40. The van der Waals surface area contributed by atoms with Crippen molar-refractivity contribution < 1.29 is 14.4 Å². The largest absolute Gasteiger partial charge is 0.360 e. The minimum atomic E-state index is -0.474. The summed E-state index contributed by atoms with van der Waals surface area (Å²) >= 11 is 0. The predicted molar refractivity (Wildman–Crippen MR) is 96.0 cm³/mol. The number of Topliss-reactive ketones (excluding diaryl/α,β-unsaturated/α-hetero) is 1. The van der Waals surface area contributed by atoms with Gasteiger partial charge in [-0.3, -0.25) is 25.2 Å². The molecule has 2 aromatic heterocycles. The maximum absolute atomic E-state index is 12.5. The van der Waals surface area contributed by atoms with Crippen LogP contribution in [0.3, 0.4) is 0 Å². The molecule has 0 fully saturated rings. The Hall–Kier alpha value is -3.35. The van der Waals surface area contributed by atoms with Crippen molar-refractivity contribution in [1.82, 2.24) is 20.8 Å². The number of fused-ring (bicyclic) bond motifs is 2. The van der Waals surface area contributed by atoms with Crippen molar-refractivity contribution in [3.8, 4) is 0 Å². The lowest BCUT2D eigenvalue weighted by molar-refractivity contribution is 0.0844. The Balaban J connectivity index is 1.51. The summed E-state index contributed by atoms with van der Waals surface area (Å²) in [5, 5.41) is 0.774. The number of aryl methyl sites for hydroxylation is 1. The molecule has 7 nitrogen and oxygen atoms in total. The molecule has 7 heteroatoms. The van der Waals surface area contributed by atoms with E-state index in [-0.39, 0.29) is 5.78 Å². The Morgan fingerprint density at radius 2 is 1.85 bits per heavy atom. The molecule has 4 rings (SSSR count). The maximum atomic E-state index is 12.5. The van der Waals surface area contributed by atoms with Crippen LogP contribution in [0.2, 0.25) is 0 Å². The van der Waals surface area contributed by atoms with Crippen LogP contribution in [0.5, 0.6) is 0 Å². The number of hydrogen-bond donors (Lipinski definition) is 4. The zero-order valence-corrected chi connectivity index (χ0v) is 14.2. The number of benzene rings is 1. The fraction of sp³-hybridized carbons (Fsp3) is 0.211. The van der Waals surface area contributed by atoms with Gasteiger partial charge in [0, 0.05) is 34.8 Å². The highest BCUT2D eigenvalue weighted by Gasteiger charge is 2.26. The smallest absolute Gasteiger partial charge is 0.286 e. The average molecular weight is 350 g/mol. The molecule has 2 amide bonds. The van der Waals surface area contributed by atoms with Gasteiger partial charge in [-0.05, 0) is 31.4 Å². The van der Waals surface area contributed by atoms with Crippen LogP contribution in [-0.2, 0) is 6.42 Å². The van der Waals surface area contributed by atoms with Crippen LogP contribution in [0.15, 0.2) is 30.5 Å². The molecule has 0 saturated carbocycles. The molecule has 26 heavy (non-hydrogen) atoms. The highest BCUT2D eigenvalue weighted by atomic mass is 16.2. The van der Waals surface area contributed by atoms with Crippen LogP contribution < -0.4 is 10.9 Å². The first-order valence-corrected chi connectivity index (χ1v) is 8.47. The van der Waals surface area contributed by atoms with Gasteiger partial charge in [0.05, 0.1) is 5.56 Å². The van der Waals surface area contributed by atoms with Crippen molar-refractivity contribution in [2.45, 2.75) is 26.2 Å². The van der Waals surface area contributed by atoms with E-state index < -0.39 is 11.8 Å². The molecule has 1 aromatic carbocycles. The molecule has 1 aliphatic rings. The molecule has 0 aliphatic heterocycles. The first-order valence-electron chi connectivity index (χ1n) is 8.47. The molecule has 0 spiro atoms. The monoisotopic (exact) mass is 350 g/mol. The summed E-state index contributed by atoms with van der Waals surface area (Å²) in [5.74, 6) is -0.833. The Bertz CT molecular complexity index is 1040. The third kappa shape index (κ3) is 2.57. The van der Waals surface area contributed by atoms with Gasteiger partial charge in [-0.25, -0.2) is 0 Å². The molecule has 0 saturated heterocycles. The van der Waals surface area contributed by atoms with Crippen LogP contribution in [0.1, 0.15) is 55.3 Å². The molecule has 0 atom stereocenters. The van der Waals surface area contributed by atoms with E-state index in [0.29, 0.717) is 28.8 Å². The molecule has 0 bridgehead atoms. The van der Waals surface area contributed by atoms with E-state index in [1.54, 1.807) is 13.1 Å². The highest BCUT2D eigenvalue weighted by molar-refractivity contribution is 6.08. The summed E-state index contributed by atoms with van der Waals surface area (Å²) in [6.45, 7) is 1.74. The van der Waals surface area contributed by atoms with E-state index in [1.165, 1.54) is 0 Å². The second-order valence-electron chi connectivity index (χ2n) is 6.41. The van der Waals surface area contributed by atoms with Crippen molar-refractivity contribution in [1.29, 1.82) is 0 Å². The van der Waals surface area contributed by atoms with E-state index in [1.807, 2.05) is 24.3 Å². The number of carbonyl (C=O) groups is 3. The molecular weight excluding hydrogens is 332 g/mol. The number of hydrogen-bond acceptors (Lipinski definition) is 3. The van der Waals surface area contributed by atoms with E-state index in [2.05, 4.69) is 20.8 Å². The van der Waals surface area contributed by atoms with Crippen LogP contribution in [0, 0.1) is 6.92 Å². The minimum Gasteiger partial charge on any atom is -0.360 e. The van der Waals surface area contributed by atoms with Gasteiger partial charge in [-0.1, -0.05) is 18.2 Å². The number of amides is 2. The summed E-state index contributed by atoms with van der Waals surface area (Å²) < 4.78 is 0. The molecule has 0 unspecified atom stereocenters. The number of ketones is 1. The normalized spacial score (nSPS) is 13.5. The molecule has 1 aliphatic carbocycles. The van der Waals surface area contributed by atoms with Crippen molar-refractivity contribution in [2.75, 3.05) is 0 Å². The summed E-state index contributed by atoms with van der Waals surface area (Å²) in [5.41, 5.74) is 8.49. The quantitative estimate of drug-likeness (QED) is 0.533.